The number of hydrogen-bond donors (Lipinski definition) is 2. The van der Waals surface area contributed by atoms with Gasteiger partial charge in [0.15, 0.2) is 5.82 Å². The van der Waals surface area contributed by atoms with Gasteiger partial charge in [-0.1, -0.05) is 13.3 Å². The molecule has 1 rings (SSSR count). The lowest BCUT2D eigenvalue weighted by molar-refractivity contribution is 0.176. The second-order valence-electron chi connectivity index (χ2n) is 2.91. The molecule has 0 aromatic carbocycles. The number of rotatable bonds is 4. The van der Waals surface area contributed by atoms with Gasteiger partial charge in [-0.2, -0.15) is 0 Å². The Labute approximate surface area is 77.8 Å². The fourth-order valence-electron chi connectivity index (χ4n) is 1.07. The largest absolute Gasteiger partial charge is 0.384 e. The summed E-state index contributed by atoms with van der Waals surface area (Å²) in [6.45, 7) is 2.25. The van der Waals surface area contributed by atoms with Crippen molar-refractivity contribution in [3.8, 4) is 0 Å². The van der Waals surface area contributed by atoms with Crippen molar-refractivity contribution in [2.45, 2.75) is 25.9 Å². The monoisotopic (exact) mass is 181 g/mol. The summed E-state index contributed by atoms with van der Waals surface area (Å²) >= 11 is 0. The lowest BCUT2D eigenvalue weighted by Gasteiger charge is -2.06. The van der Waals surface area contributed by atoms with E-state index >= 15 is 0 Å². The second kappa shape index (κ2) is 4.89. The topological polar surface area (TPSA) is 72.0 Å². The van der Waals surface area contributed by atoms with Crippen LogP contribution in [0.4, 0.5) is 0 Å². The van der Waals surface area contributed by atoms with Crippen molar-refractivity contribution in [2.75, 3.05) is 6.54 Å². The van der Waals surface area contributed by atoms with Gasteiger partial charge in [-0.15, -0.1) is 0 Å². The van der Waals surface area contributed by atoms with Gasteiger partial charge in [-0.05, 0) is 12.5 Å². The lowest BCUT2D eigenvalue weighted by atomic mass is 10.2. The van der Waals surface area contributed by atoms with Gasteiger partial charge in [0.1, 0.15) is 6.10 Å². The summed E-state index contributed by atoms with van der Waals surface area (Å²) in [5.41, 5.74) is 6.26. The van der Waals surface area contributed by atoms with E-state index in [4.69, 9.17) is 5.73 Å². The Morgan fingerprint density at radius 1 is 1.62 bits per heavy atom. The molecule has 0 saturated heterocycles. The van der Waals surface area contributed by atoms with Gasteiger partial charge in [-0.25, -0.2) is 9.97 Å². The van der Waals surface area contributed by atoms with Crippen LogP contribution in [0.1, 0.15) is 31.0 Å². The molecule has 4 heteroatoms. The summed E-state index contributed by atoms with van der Waals surface area (Å²) < 4.78 is 0. The molecule has 0 aliphatic heterocycles. The molecule has 1 heterocycles. The van der Waals surface area contributed by atoms with Gasteiger partial charge < -0.3 is 10.8 Å². The molecule has 1 unspecified atom stereocenters. The van der Waals surface area contributed by atoms with Crippen molar-refractivity contribution in [1.82, 2.24) is 9.97 Å². The van der Waals surface area contributed by atoms with Gasteiger partial charge >= 0.3 is 0 Å². The van der Waals surface area contributed by atoms with E-state index < -0.39 is 6.10 Å². The van der Waals surface area contributed by atoms with E-state index in [9.17, 15) is 5.11 Å². The van der Waals surface area contributed by atoms with Crippen LogP contribution >= 0.6 is 0 Å². The highest BCUT2D eigenvalue weighted by Gasteiger charge is 2.08. The zero-order valence-electron chi connectivity index (χ0n) is 7.77. The Kier molecular flexibility index (Phi) is 3.79. The van der Waals surface area contributed by atoms with Crippen molar-refractivity contribution in [2.24, 2.45) is 5.73 Å². The minimum Gasteiger partial charge on any atom is -0.384 e. The van der Waals surface area contributed by atoms with Crippen LogP contribution in [-0.2, 0) is 6.42 Å². The Bertz CT molecular complexity index is 265. The van der Waals surface area contributed by atoms with E-state index in [-0.39, 0.29) is 6.54 Å². The molecule has 0 saturated carbocycles. The molecular weight excluding hydrogens is 166 g/mol. The molecule has 72 valence electrons. The van der Waals surface area contributed by atoms with E-state index in [0.29, 0.717) is 5.82 Å². The van der Waals surface area contributed by atoms with Gasteiger partial charge in [0.05, 0.1) is 0 Å². The van der Waals surface area contributed by atoms with Crippen LogP contribution in [0.2, 0.25) is 0 Å². The standard InChI is InChI=1S/C9H15N3O/c1-2-3-7-4-5-11-9(12-7)8(13)6-10/h4-5,8,13H,2-3,6,10H2,1H3. The molecule has 0 bridgehead atoms. The Morgan fingerprint density at radius 2 is 2.38 bits per heavy atom. The molecule has 3 N–H and O–H groups in total. The van der Waals surface area contributed by atoms with Gasteiger partial charge in [0, 0.05) is 18.4 Å². The summed E-state index contributed by atoms with van der Waals surface area (Å²) in [5, 5.41) is 9.37. The third-order valence-corrected chi connectivity index (χ3v) is 1.76. The van der Waals surface area contributed by atoms with Crippen LogP contribution in [0.3, 0.4) is 0 Å². The van der Waals surface area contributed by atoms with E-state index in [1.807, 2.05) is 6.07 Å². The van der Waals surface area contributed by atoms with Gasteiger partial charge in [0.25, 0.3) is 0 Å². The van der Waals surface area contributed by atoms with Crippen LogP contribution in [0.25, 0.3) is 0 Å². The number of aliphatic hydroxyl groups excluding tert-OH is 1. The van der Waals surface area contributed by atoms with Gasteiger partial charge in [-0.3, -0.25) is 0 Å². The summed E-state index contributed by atoms with van der Waals surface area (Å²) in [6.07, 6.45) is 2.87. The smallest absolute Gasteiger partial charge is 0.158 e. The summed E-state index contributed by atoms with van der Waals surface area (Å²) in [5.74, 6) is 0.424. The third-order valence-electron chi connectivity index (χ3n) is 1.76. The quantitative estimate of drug-likeness (QED) is 0.706. The molecule has 13 heavy (non-hydrogen) atoms. The highest BCUT2D eigenvalue weighted by atomic mass is 16.3. The Morgan fingerprint density at radius 3 is 3.00 bits per heavy atom. The molecule has 0 spiro atoms. The van der Waals surface area contributed by atoms with Gasteiger partial charge in [0.2, 0.25) is 0 Å². The fourth-order valence-corrected chi connectivity index (χ4v) is 1.07. The SMILES string of the molecule is CCCc1ccnc(C(O)CN)n1. The Balaban J connectivity index is 2.78. The first-order valence-corrected chi connectivity index (χ1v) is 4.48. The number of aryl methyl sites for hydroxylation is 1. The predicted octanol–water partition coefficient (Wildman–Crippen LogP) is 0.421. The van der Waals surface area contributed by atoms with E-state index in [1.54, 1.807) is 6.20 Å². The average Bonchev–Trinajstić information content (AvgIpc) is 2.18. The lowest BCUT2D eigenvalue weighted by Crippen LogP contribution is -2.15. The molecule has 1 aromatic heterocycles. The molecule has 0 radical (unpaired) electrons. The molecule has 1 aromatic rings. The first-order chi connectivity index (χ1) is 6.27. The number of nitrogens with two attached hydrogens (primary N) is 1. The maximum Gasteiger partial charge on any atom is 0.158 e. The number of nitrogens with zero attached hydrogens (tertiary/aromatic N) is 2. The Hall–Kier alpha value is -1.00. The van der Waals surface area contributed by atoms with Crippen molar-refractivity contribution in [3.63, 3.8) is 0 Å². The maximum atomic E-state index is 9.37. The van der Waals surface area contributed by atoms with Crippen molar-refractivity contribution < 1.29 is 5.11 Å². The highest BCUT2D eigenvalue weighted by Crippen LogP contribution is 2.06. The van der Waals surface area contributed by atoms with Crippen molar-refractivity contribution in [1.29, 1.82) is 0 Å². The molecule has 0 amide bonds. The summed E-state index contributed by atoms with van der Waals surface area (Å²) in [7, 11) is 0. The number of hydrogen-bond acceptors (Lipinski definition) is 4. The van der Waals surface area contributed by atoms with E-state index in [0.717, 1.165) is 18.5 Å². The first-order valence-electron chi connectivity index (χ1n) is 4.48. The number of aromatic nitrogens is 2. The summed E-state index contributed by atoms with van der Waals surface area (Å²) in [6, 6.07) is 1.86. The molecule has 4 nitrogen and oxygen atoms in total. The van der Waals surface area contributed by atoms with Crippen molar-refractivity contribution in [3.05, 3.63) is 23.8 Å². The minimum atomic E-state index is -0.739. The fraction of sp³-hybridized carbons (Fsp3) is 0.556. The van der Waals surface area contributed by atoms with Crippen LogP contribution in [0.15, 0.2) is 12.3 Å². The predicted molar refractivity (Wildman–Crippen MR) is 50.0 cm³/mol. The van der Waals surface area contributed by atoms with Crippen LogP contribution in [0.5, 0.6) is 0 Å². The maximum absolute atomic E-state index is 9.37. The zero-order valence-corrected chi connectivity index (χ0v) is 7.77. The van der Waals surface area contributed by atoms with Crippen LogP contribution in [0, 0.1) is 0 Å². The first kappa shape index (κ1) is 10.1. The van der Waals surface area contributed by atoms with E-state index in [1.165, 1.54) is 0 Å². The molecule has 0 aliphatic rings. The minimum absolute atomic E-state index is 0.162. The van der Waals surface area contributed by atoms with Crippen LogP contribution in [-0.4, -0.2) is 21.6 Å². The second-order valence-corrected chi connectivity index (χ2v) is 2.91. The normalized spacial score (nSPS) is 12.8. The molecule has 0 aliphatic carbocycles. The zero-order chi connectivity index (χ0) is 9.68. The molecular formula is C9H15N3O. The molecule has 0 fully saturated rings. The average molecular weight is 181 g/mol. The van der Waals surface area contributed by atoms with Crippen molar-refractivity contribution >= 4 is 0 Å². The summed E-state index contributed by atoms with van der Waals surface area (Å²) in [4.78, 5) is 8.14. The highest BCUT2D eigenvalue weighted by molar-refractivity contribution is 5.04. The van der Waals surface area contributed by atoms with Crippen LogP contribution < -0.4 is 5.73 Å². The third kappa shape index (κ3) is 2.75. The molecule has 1 atom stereocenters. The van der Waals surface area contributed by atoms with E-state index in [2.05, 4.69) is 16.9 Å². The number of aliphatic hydroxyl groups is 1.